The van der Waals surface area contributed by atoms with Crippen LogP contribution in [-0.2, 0) is 5.60 Å². The number of likely N-dealkylation sites (tertiary alicyclic amines) is 1. The van der Waals surface area contributed by atoms with Gasteiger partial charge in [-0.3, -0.25) is 14.6 Å². The number of piperidine rings is 1. The summed E-state index contributed by atoms with van der Waals surface area (Å²) in [6.07, 6.45) is -9.22. The number of nitrogens with zero attached hydrogens (tertiary/aromatic N) is 3. The highest BCUT2D eigenvalue weighted by molar-refractivity contribution is 7.17. The van der Waals surface area contributed by atoms with Crippen molar-refractivity contribution in [1.29, 1.82) is 0 Å². The molecule has 0 spiro atoms. The summed E-state index contributed by atoms with van der Waals surface area (Å²) in [5.41, 5.74) is -8.57. The van der Waals surface area contributed by atoms with Crippen molar-refractivity contribution >= 4 is 23.2 Å². The van der Waals surface area contributed by atoms with Crippen molar-refractivity contribution in [2.75, 3.05) is 13.1 Å². The quantitative estimate of drug-likeness (QED) is 0.437. The van der Waals surface area contributed by atoms with E-state index in [0.717, 1.165) is 12.8 Å². The number of alkyl halides is 6. The molecule has 0 aromatic carbocycles. The van der Waals surface area contributed by atoms with Crippen LogP contribution in [0.25, 0.3) is 10.4 Å². The number of aromatic nitrogens is 2. The number of carbonyl (C=O) groups is 2. The number of aliphatic hydroxyl groups is 2. The number of pyridine rings is 1. The van der Waals surface area contributed by atoms with Crippen molar-refractivity contribution in [2.45, 2.75) is 76.6 Å². The monoisotopic (exact) mass is 582 g/mol. The maximum atomic E-state index is 13.5. The molecule has 1 atom stereocenters. The zero-order valence-corrected chi connectivity index (χ0v) is 22.3. The van der Waals surface area contributed by atoms with Crippen LogP contribution in [-0.4, -0.2) is 74.0 Å². The Bertz CT molecular complexity index is 1220. The van der Waals surface area contributed by atoms with E-state index in [1.165, 1.54) is 20.8 Å². The van der Waals surface area contributed by atoms with E-state index < -0.39 is 41.1 Å². The summed E-state index contributed by atoms with van der Waals surface area (Å²) >= 11 is 0.704. The van der Waals surface area contributed by atoms with Crippen LogP contribution in [0.15, 0.2) is 12.3 Å². The van der Waals surface area contributed by atoms with Crippen molar-refractivity contribution < 1.29 is 46.1 Å². The minimum Gasteiger partial charge on any atom is -0.389 e. The molecule has 2 aromatic rings. The van der Waals surface area contributed by atoms with Crippen LogP contribution in [0.3, 0.4) is 0 Å². The standard InChI is InChI=1S/C24H28F6N4O4S/c1-12-9-15(22(38,23(25,26)27)24(28,29)30)31-10-14(12)17-16(20(36)34-8-6-5-7-13(34)2)33-19(39-17)18(35)32-11-21(3,4)37/h9-10,13,37-38H,5-8,11H2,1-4H3,(H,32,35). The normalized spacial score (nSPS) is 17.3. The fourth-order valence-electron chi connectivity index (χ4n) is 4.10. The van der Waals surface area contributed by atoms with E-state index in [2.05, 4.69) is 15.3 Å². The van der Waals surface area contributed by atoms with Gasteiger partial charge in [0, 0.05) is 30.9 Å². The van der Waals surface area contributed by atoms with Crippen molar-refractivity contribution in [3.63, 3.8) is 0 Å². The Morgan fingerprint density at radius 1 is 1.13 bits per heavy atom. The molecular formula is C24H28F6N4O4S. The fraction of sp³-hybridized carbons (Fsp3) is 0.583. The van der Waals surface area contributed by atoms with E-state index in [4.69, 9.17) is 0 Å². The van der Waals surface area contributed by atoms with Gasteiger partial charge in [0.15, 0.2) is 5.01 Å². The summed E-state index contributed by atoms with van der Waals surface area (Å²) in [7, 11) is 0. The van der Waals surface area contributed by atoms with Gasteiger partial charge < -0.3 is 20.4 Å². The van der Waals surface area contributed by atoms with Crippen LogP contribution in [0.4, 0.5) is 26.3 Å². The van der Waals surface area contributed by atoms with Crippen LogP contribution in [0, 0.1) is 6.92 Å². The predicted octanol–water partition coefficient (Wildman–Crippen LogP) is 4.34. The second kappa shape index (κ2) is 10.7. The Morgan fingerprint density at radius 3 is 2.26 bits per heavy atom. The van der Waals surface area contributed by atoms with Gasteiger partial charge in [-0.25, -0.2) is 4.98 Å². The Hall–Kier alpha value is -2.78. The van der Waals surface area contributed by atoms with Crippen LogP contribution < -0.4 is 5.32 Å². The summed E-state index contributed by atoms with van der Waals surface area (Å²) < 4.78 is 80.2. The average Bonchev–Trinajstić information content (AvgIpc) is 3.25. The molecule has 0 saturated carbocycles. The SMILES string of the molecule is Cc1cc(C(O)(C(F)(F)F)C(F)(F)F)ncc1-c1sc(C(=O)NCC(C)(C)O)nc1C(=O)N1CCCCC1C. The first-order valence-electron chi connectivity index (χ1n) is 11.9. The molecule has 8 nitrogen and oxygen atoms in total. The number of amides is 2. The van der Waals surface area contributed by atoms with E-state index in [-0.39, 0.29) is 39.3 Å². The molecular weight excluding hydrogens is 554 g/mol. The first-order valence-corrected chi connectivity index (χ1v) is 12.7. The molecule has 2 aromatic heterocycles. The third kappa shape index (κ3) is 6.19. The number of nitrogens with one attached hydrogen (secondary N) is 1. The van der Waals surface area contributed by atoms with Gasteiger partial charge in [0.2, 0.25) is 0 Å². The number of halogens is 6. The van der Waals surface area contributed by atoms with Crippen molar-refractivity contribution in [3.8, 4) is 10.4 Å². The number of aryl methyl sites for hydroxylation is 1. The Kier molecular flexibility index (Phi) is 8.40. The molecule has 3 heterocycles. The average molecular weight is 583 g/mol. The first kappa shape index (κ1) is 30.8. The molecule has 2 amide bonds. The number of carbonyl (C=O) groups excluding carboxylic acids is 2. The summed E-state index contributed by atoms with van der Waals surface area (Å²) in [4.78, 5) is 35.3. The van der Waals surface area contributed by atoms with Crippen LogP contribution >= 0.6 is 11.3 Å². The number of rotatable bonds is 6. The van der Waals surface area contributed by atoms with Gasteiger partial charge in [-0.05, 0) is 58.6 Å². The molecule has 1 fully saturated rings. The number of hydrogen-bond donors (Lipinski definition) is 3. The van der Waals surface area contributed by atoms with Gasteiger partial charge in [-0.1, -0.05) is 0 Å². The largest absolute Gasteiger partial charge is 0.432 e. The molecule has 216 valence electrons. The number of hydrogen-bond acceptors (Lipinski definition) is 7. The van der Waals surface area contributed by atoms with Gasteiger partial charge in [-0.2, -0.15) is 26.3 Å². The van der Waals surface area contributed by atoms with Gasteiger partial charge >= 0.3 is 12.4 Å². The molecule has 1 saturated heterocycles. The summed E-state index contributed by atoms with van der Waals surface area (Å²) in [6, 6.07) is 0.283. The van der Waals surface area contributed by atoms with E-state index >= 15 is 0 Å². The van der Waals surface area contributed by atoms with E-state index in [1.807, 2.05) is 6.92 Å². The lowest BCUT2D eigenvalue weighted by molar-refractivity contribution is -0.377. The molecule has 1 aliphatic heterocycles. The summed E-state index contributed by atoms with van der Waals surface area (Å²) in [6.45, 7) is 6.17. The summed E-state index contributed by atoms with van der Waals surface area (Å²) in [5.74, 6) is -1.29. The second-order valence-electron chi connectivity index (χ2n) is 10.1. The van der Waals surface area contributed by atoms with Crippen molar-refractivity contribution in [3.05, 3.63) is 34.2 Å². The topological polar surface area (TPSA) is 116 Å². The van der Waals surface area contributed by atoms with Gasteiger partial charge in [0.05, 0.1) is 16.2 Å². The van der Waals surface area contributed by atoms with Crippen LogP contribution in [0.2, 0.25) is 0 Å². The molecule has 0 aliphatic carbocycles. The highest BCUT2D eigenvalue weighted by Gasteiger charge is 2.72. The molecule has 0 bridgehead atoms. The molecule has 1 unspecified atom stereocenters. The van der Waals surface area contributed by atoms with Gasteiger partial charge in [0.25, 0.3) is 17.4 Å². The molecule has 3 N–H and O–H groups in total. The zero-order chi connectivity index (χ0) is 29.6. The Morgan fingerprint density at radius 2 is 1.74 bits per heavy atom. The third-order valence-electron chi connectivity index (χ3n) is 6.32. The molecule has 15 heteroatoms. The van der Waals surface area contributed by atoms with Crippen molar-refractivity contribution in [1.82, 2.24) is 20.2 Å². The number of thiazole rings is 1. The maximum Gasteiger partial charge on any atom is 0.432 e. The Balaban J connectivity index is 2.13. The highest BCUT2D eigenvalue weighted by Crippen LogP contribution is 2.50. The second-order valence-corrected chi connectivity index (χ2v) is 11.1. The highest BCUT2D eigenvalue weighted by atomic mass is 32.1. The smallest absolute Gasteiger partial charge is 0.389 e. The minimum atomic E-state index is -6.12. The third-order valence-corrected chi connectivity index (χ3v) is 7.40. The molecule has 1 aliphatic rings. The lowest BCUT2D eigenvalue weighted by Crippen LogP contribution is -2.54. The predicted molar refractivity (Wildman–Crippen MR) is 129 cm³/mol. The van der Waals surface area contributed by atoms with Crippen LogP contribution in [0.1, 0.15) is 71.6 Å². The van der Waals surface area contributed by atoms with Crippen molar-refractivity contribution in [2.24, 2.45) is 0 Å². The minimum absolute atomic E-state index is 0.0188. The lowest BCUT2D eigenvalue weighted by Gasteiger charge is -2.33. The van der Waals surface area contributed by atoms with Gasteiger partial charge in [0.1, 0.15) is 5.69 Å². The van der Waals surface area contributed by atoms with Gasteiger partial charge in [-0.15, -0.1) is 11.3 Å². The molecule has 39 heavy (non-hydrogen) atoms. The Labute approximate surface area is 224 Å². The molecule has 3 rings (SSSR count). The lowest BCUT2D eigenvalue weighted by atomic mass is 9.94. The zero-order valence-electron chi connectivity index (χ0n) is 21.5. The maximum absolute atomic E-state index is 13.5. The van der Waals surface area contributed by atoms with Crippen LogP contribution in [0.5, 0.6) is 0 Å². The first-order chi connectivity index (χ1) is 17.8. The summed E-state index contributed by atoms with van der Waals surface area (Å²) in [5, 5.41) is 21.9. The molecule has 0 radical (unpaired) electrons. The van der Waals surface area contributed by atoms with E-state index in [1.54, 1.807) is 4.90 Å². The van der Waals surface area contributed by atoms with E-state index in [0.29, 0.717) is 36.6 Å². The van der Waals surface area contributed by atoms with E-state index in [9.17, 15) is 46.1 Å². The fourth-order valence-corrected chi connectivity index (χ4v) is 5.14.